The lowest BCUT2D eigenvalue weighted by molar-refractivity contribution is -0.274. The second-order valence-electron chi connectivity index (χ2n) is 8.19. The molecule has 1 heterocycles. The van der Waals surface area contributed by atoms with Crippen molar-refractivity contribution in [2.24, 2.45) is 0 Å². The van der Waals surface area contributed by atoms with Gasteiger partial charge in [-0.15, -0.1) is 13.2 Å². The first kappa shape index (κ1) is 24.4. The molecule has 0 bridgehead atoms. The standard InChI is InChI=1S/C28H24F4N2O/c1-2-3-4-5-20-17-33-27(34-18-20)23-12-15-25-22(16-23)11-10-21(26(25)29)9-6-19-7-13-24(14-8-19)35-28(30,31)32/h2-3,7-8,10-18H,4-6,9H2,1H3/b3-2+. The van der Waals surface area contributed by atoms with Gasteiger partial charge in [0.15, 0.2) is 5.82 Å². The molecule has 0 aliphatic rings. The van der Waals surface area contributed by atoms with Crippen LogP contribution in [0.5, 0.6) is 5.75 Å². The lowest BCUT2D eigenvalue weighted by Gasteiger charge is -2.10. The van der Waals surface area contributed by atoms with E-state index >= 15 is 4.39 Å². The molecule has 7 heteroatoms. The van der Waals surface area contributed by atoms with Crippen molar-refractivity contribution in [1.29, 1.82) is 0 Å². The second-order valence-corrected chi connectivity index (χ2v) is 8.19. The van der Waals surface area contributed by atoms with Gasteiger partial charge in [-0.05, 0) is 72.9 Å². The molecular formula is C28H24F4N2O. The van der Waals surface area contributed by atoms with E-state index in [0.29, 0.717) is 29.6 Å². The average molecular weight is 481 g/mol. The number of fused-ring (bicyclic) bond motifs is 1. The highest BCUT2D eigenvalue weighted by Gasteiger charge is 2.30. The van der Waals surface area contributed by atoms with Crippen LogP contribution in [0.3, 0.4) is 0 Å². The Bertz CT molecular complexity index is 1310. The number of alkyl halides is 3. The summed E-state index contributed by atoms with van der Waals surface area (Å²) in [6, 6.07) is 14.7. The van der Waals surface area contributed by atoms with Gasteiger partial charge in [0.25, 0.3) is 0 Å². The van der Waals surface area contributed by atoms with Gasteiger partial charge in [-0.25, -0.2) is 14.4 Å². The molecule has 35 heavy (non-hydrogen) atoms. The molecule has 0 atom stereocenters. The molecular weight excluding hydrogens is 456 g/mol. The smallest absolute Gasteiger partial charge is 0.406 e. The molecule has 0 saturated heterocycles. The summed E-state index contributed by atoms with van der Waals surface area (Å²) in [6.45, 7) is 1.99. The number of ether oxygens (including phenoxy) is 1. The molecule has 3 nitrogen and oxygen atoms in total. The van der Waals surface area contributed by atoms with Gasteiger partial charge in [0.1, 0.15) is 11.6 Å². The van der Waals surface area contributed by atoms with E-state index in [1.807, 2.05) is 43.6 Å². The first-order valence-corrected chi connectivity index (χ1v) is 11.3. The number of rotatable bonds is 8. The van der Waals surface area contributed by atoms with E-state index < -0.39 is 6.36 Å². The van der Waals surface area contributed by atoms with Crippen LogP contribution in [-0.2, 0) is 19.3 Å². The Labute approximate surface area is 201 Å². The van der Waals surface area contributed by atoms with Gasteiger partial charge in [0.05, 0.1) is 0 Å². The normalized spacial score (nSPS) is 11.9. The number of aryl methyl sites for hydroxylation is 3. The van der Waals surface area contributed by atoms with Gasteiger partial charge in [0, 0.05) is 23.3 Å². The van der Waals surface area contributed by atoms with Crippen LogP contribution < -0.4 is 4.74 Å². The minimum absolute atomic E-state index is 0.277. The number of hydrogen-bond donors (Lipinski definition) is 0. The number of benzene rings is 3. The molecule has 4 rings (SSSR count). The zero-order chi connectivity index (χ0) is 24.8. The molecule has 3 aromatic carbocycles. The van der Waals surface area contributed by atoms with Crippen LogP contribution in [0.4, 0.5) is 17.6 Å². The van der Waals surface area contributed by atoms with Crippen molar-refractivity contribution in [3.63, 3.8) is 0 Å². The van der Waals surface area contributed by atoms with Gasteiger partial charge >= 0.3 is 6.36 Å². The van der Waals surface area contributed by atoms with Crippen molar-refractivity contribution in [2.45, 2.75) is 39.0 Å². The number of aromatic nitrogens is 2. The van der Waals surface area contributed by atoms with E-state index in [-0.39, 0.29) is 11.6 Å². The van der Waals surface area contributed by atoms with Gasteiger partial charge < -0.3 is 4.74 Å². The summed E-state index contributed by atoms with van der Waals surface area (Å²) < 4.78 is 56.0. The third kappa shape index (κ3) is 6.44. The lowest BCUT2D eigenvalue weighted by atomic mass is 9.99. The molecule has 0 spiro atoms. The maximum atomic E-state index is 15.2. The highest BCUT2D eigenvalue weighted by molar-refractivity contribution is 5.87. The number of hydrogen-bond acceptors (Lipinski definition) is 3. The highest BCUT2D eigenvalue weighted by Crippen LogP contribution is 2.27. The van der Waals surface area contributed by atoms with Crippen molar-refractivity contribution in [3.8, 4) is 17.1 Å². The van der Waals surface area contributed by atoms with Crippen LogP contribution >= 0.6 is 0 Å². The van der Waals surface area contributed by atoms with E-state index in [2.05, 4.69) is 20.8 Å². The summed E-state index contributed by atoms with van der Waals surface area (Å²) in [6.07, 6.45) is 5.75. The van der Waals surface area contributed by atoms with Crippen LogP contribution in [0.1, 0.15) is 30.0 Å². The SMILES string of the molecule is C/C=C/CCc1cnc(-c2ccc3c(F)c(CCc4ccc(OC(F)(F)F)cc4)ccc3c2)nc1. The molecule has 0 radical (unpaired) electrons. The summed E-state index contributed by atoms with van der Waals surface area (Å²) in [4.78, 5) is 8.93. The molecule has 0 saturated carbocycles. The van der Waals surface area contributed by atoms with E-state index in [1.165, 1.54) is 12.1 Å². The molecule has 0 aliphatic carbocycles. The molecule has 0 unspecified atom stereocenters. The van der Waals surface area contributed by atoms with E-state index in [1.54, 1.807) is 24.3 Å². The molecule has 1 aromatic heterocycles. The topological polar surface area (TPSA) is 35.0 Å². The third-order valence-corrected chi connectivity index (χ3v) is 5.67. The number of allylic oxidation sites excluding steroid dienone is 2. The molecule has 0 aliphatic heterocycles. The Balaban J connectivity index is 1.45. The summed E-state index contributed by atoms with van der Waals surface area (Å²) in [5.74, 6) is 0.0108. The van der Waals surface area contributed by atoms with Crippen LogP contribution in [0.15, 0.2) is 79.1 Å². The van der Waals surface area contributed by atoms with Crippen LogP contribution in [0.25, 0.3) is 22.2 Å². The Kier molecular flexibility index (Phi) is 7.44. The van der Waals surface area contributed by atoms with Gasteiger partial charge in [-0.1, -0.05) is 48.6 Å². The first-order chi connectivity index (χ1) is 16.8. The van der Waals surface area contributed by atoms with Crippen LogP contribution in [0.2, 0.25) is 0 Å². The Morgan fingerprint density at radius 2 is 1.60 bits per heavy atom. The monoisotopic (exact) mass is 480 g/mol. The lowest BCUT2D eigenvalue weighted by Crippen LogP contribution is -2.17. The average Bonchev–Trinajstić information content (AvgIpc) is 2.84. The van der Waals surface area contributed by atoms with Crippen molar-refractivity contribution >= 4 is 10.8 Å². The second kappa shape index (κ2) is 10.7. The predicted molar refractivity (Wildman–Crippen MR) is 129 cm³/mol. The largest absolute Gasteiger partial charge is 0.573 e. The first-order valence-electron chi connectivity index (χ1n) is 11.3. The summed E-state index contributed by atoms with van der Waals surface area (Å²) in [5, 5.41) is 1.25. The minimum atomic E-state index is -4.72. The maximum Gasteiger partial charge on any atom is 0.573 e. The van der Waals surface area contributed by atoms with Gasteiger partial charge in [0.2, 0.25) is 0 Å². The van der Waals surface area contributed by atoms with Crippen molar-refractivity contribution in [2.75, 3.05) is 0 Å². The Morgan fingerprint density at radius 3 is 2.29 bits per heavy atom. The van der Waals surface area contributed by atoms with E-state index in [0.717, 1.165) is 34.9 Å². The summed E-state index contributed by atoms with van der Waals surface area (Å²) in [7, 11) is 0. The zero-order valence-electron chi connectivity index (χ0n) is 19.1. The van der Waals surface area contributed by atoms with Crippen molar-refractivity contribution in [3.05, 3.63) is 102 Å². The quantitative estimate of drug-likeness (QED) is 0.192. The number of halogens is 4. The minimum Gasteiger partial charge on any atom is -0.406 e. The van der Waals surface area contributed by atoms with Gasteiger partial charge in [-0.2, -0.15) is 0 Å². The fourth-order valence-corrected chi connectivity index (χ4v) is 3.86. The summed E-state index contributed by atoms with van der Waals surface area (Å²) in [5.41, 5.74) is 3.21. The van der Waals surface area contributed by atoms with Crippen molar-refractivity contribution in [1.82, 2.24) is 9.97 Å². The molecule has 4 aromatic rings. The number of nitrogens with zero attached hydrogens (tertiary/aromatic N) is 2. The Morgan fingerprint density at radius 1 is 0.857 bits per heavy atom. The zero-order valence-corrected chi connectivity index (χ0v) is 19.1. The van der Waals surface area contributed by atoms with Gasteiger partial charge in [-0.3, -0.25) is 0 Å². The Hall–Kier alpha value is -3.74. The fourth-order valence-electron chi connectivity index (χ4n) is 3.86. The van der Waals surface area contributed by atoms with E-state index in [9.17, 15) is 13.2 Å². The molecule has 0 N–H and O–H groups in total. The van der Waals surface area contributed by atoms with E-state index in [4.69, 9.17) is 0 Å². The maximum absolute atomic E-state index is 15.2. The summed E-state index contributed by atoms with van der Waals surface area (Å²) >= 11 is 0. The molecule has 0 amide bonds. The third-order valence-electron chi connectivity index (χ3n) is 5.67. The highest BCUT2D eigenvalue weighted by atomic mass is 19.4. The predicted octanol–water partition coefficient (Wildman–Crippen LogP) is 7.63. The fraction of sp³-hybridized carbons (Fsp3) is 0.214. The van der Waals surface area contributed by atoms with Crippen LogP contribution in [0, 0.1) is 5.82 Å². The molecule has 180 valence electrons. The van der Waals surface area contributed by atoms with Crippen LogP contribution in [-0.4, -0.2) is 16.3 Å². The molecule has 0 fully saturated rings. The van der Waals surface area contributed by atoms with Crippen molar-refractivity contribution < 1.29 is 22.3 Å².